The van der Waals surface area contributed by atoms with Crippen molar-refractivity contribution in [3.05, 3.63) is 34.6 Å². The first-order valence-corrected chi connectivity index (χ1v) is 6.75. The van der Waals surface area contributed by atoms with E-state index in [9.17, 15) is 9.18 Å². The third kappa shape index (κ3) is 4.83. The van der Waals surface area contributed by atoms with E-state index in [0.29, 0.717) is 5.88 Å². The standard InChI is InChI=1S/C13H15Cl2FO2/c14-8-3-1-2-4-9-18-13(17)10-6-5-7-11(15)12(10)16/h5-7H,1-4,8-9H2. The monoisotopic (exact) mass is 292 g/mol. The molecular weight excluding hydrogens is 278 g/mol. The van der Waals surface area contributed by atoms with E-state index in [1.165, 1.54) is 18.2 Å². The Labute approximate surface area is 116 Å². The summed E-state index contributed by atoms with van der Waals surface area (Å²) in [7, 11) is 0. The number of alkyl halides is 1. The topological polar surface area (TPSA) is 26.3 Å². The zero-order chi connectivity index (χ0) is 13.4. The molecule has 0 aliphatic rings. The predicted octanol–water partition coefficient (Wildman–Crippen LogP) is 4.44. The summed E-state index contributed by atoms with van der Waals surface area (Å²) in [5.74, 6) is -0.758. The van der Waals surface area contributed by atoms with Crippen molar-refractivity contribution in [3.63, 3.8) is 0 Å². The van der Waals surface area contributed by atoms with Crippen LogP contribution in [0, 0.1) is 5.82 Å². The van der Waals surface area contributed by atoms with Crippen LogP contribution in [0.3, 0.4) is 0 Å². The van der Waals surface area contributed by atoms with Crippen molar-refractivity contribution >= 4 is 29.2 Å². The van der Waals surface area contributed by atoms with E-state index >= 15 is 0 Å². The minimum Gasteiger partial charge on any atom is -0.462 e. The fourth-order valence-corrected chi connectivity index (χ4v) is 1.82. The fraction of sp³-hybridized carbons (Fsp3) is 0.462. The van der Waals surface area contributed by atoms with E-state index in [1.54, 1.807) is 0 Å². The van der Waals surface area contributed by atoms with Crippen LogP contribution in [0.1, 0.15) is 36.0 Å². The number of hydrogen-bond donors (Lipinski definition) is 0. The Kier molecular flexibility index (Phi) is 7.06. The molecule has 0 saturated carbocycles. The molecule has 0 fully saturated rings. The molecule has 0 aliphatic heterocycles. The molecule has 100 valence electrons. The van der Waals surface area contributed by atoms with Crippen molar-refractivity contribution in [2.24, 2.45) is 0 Å². The second-order valence-electron chi connectivity index (χ2n) is 3.84. The van der Waals surface area contributed by atoms with E-state index in [-0.39, 0.29) is 17.2 Å². The van der Waals surface area contributed by atoms with Crippen molar-refractivity contribution in [2.45, 2.75) is 25.7 Å². The van der Waals surface area contributed by atoms with Crippen molar-refractivity contribution in [1.29, 1.82) is 0 Å². The maximum Gasteiger partial charge on any atom is 0.341 e. The number of esters is 1. The second-order valence-corrected chi connectivity index (χ2v) is 4.63. The smallest absolute Gasteiger partial charge is 0.341 e. The van der Waals surface area contributed by atoms with Gasteiger partial charge in [0.05, 0.1) is 17.2 Å². The molecule has 0 unspecified atom stereocenters. The highest BCUT2D eigenvalue weighted by Gasteiger charge is 2.14. The molecule has 0 aliphatic carbocycles. The largest absolute Gasteiger partial charge is 0.462 e. The minimum atomic E-state index is -0.730. The third-order valence-corrected chi connectivity index (χ3v) is 2.99. The molecule has 0 bridgehead atoms. The average Bonchev–Trinajstić information content (AvgIpc) is 2.36. The lowest BCUT2D eigenvalue weighted by Crippen LogP contribution is -2.08. The molecule has 0 spiro atoms. The van der Waals surface area contributed by atoms with Crippen molar-refractivity contribution in [3.8, 4) is 0 Å². The molecule has 1 aromatic rings. The molecule has 0 N–H and O–H groups in total. The molecule has 0 atom stereocenters. The molecule has 0 radical (unpaired) electrons. The number of unbranched alkanes of at least 4 members (excludes halogenated alkanes) is 3. The van der Waals surface area contributed by atoms with Crippen LogP contribution in [-0.2, 0) is 4.74 Å². The minimum absolute atomic E-state index is 0.0773. The van der Waals surface area contributed by atoms with Crippen molar-refractivity contribution < 1.29 is 13.9 Å². The van der Waals surface area contributed by atoms with Gasteiger partial charge in [0.2, 0.25) is 0 Å². The Morgan fingerprint density at radius 2 is 1.94 bits per heavy atom. The van der Waals surface area contributed by atoms with Gasteiger partial charge in [-0.05, 0) is 25.0 Å². The molecule has 0 saturated heterocycles. The number of benzene rings is 1. The summed E-state index contributed by atoms with van der Waals surface area (Å²) in [4.78, 5) is 11.6. The number of rotatable bonds is 7. The highest BCUT2D eigenvalue weighted by atomic mass is 35.5. The third-order valence-electron chi connectivity index (χ3n) is 2.43. The van der Waals surface area contributed by atoms with Gasteiger partial charge in [-0.25, -0.2) is 9.18 Å². The lowest BCUT2D eigenvalue weighted by molar-refractivity contribution is 0.0492. The van der Waals surface area contributed by atoms with Crippen LogP contribution < -0.4 is 0 Å². The lowest BCUT2D eigenvalue weighted by atomic mass is 10.2. The Morgan fingerprint density at radius 1 is 1.22 bits per heavy atom. The Hall–Kier alpha value is -0.800. The molecule has 1 rings (SSSR count). The molecule has 0 heterocycles. The highest BCUT2D eigenvalue weighted by molar-refractivity contribution is 6.31. The van der Waals surface area contributed by atoms with Crippen LogP contribution >= 0.6 is 23.2 Å². The maximum atomic E-state index is 13.5. The Morgan fingerprint density at radius 3 is 2.67 bits per heavy atom. The van der Waals surface area contributed by atoms with Gasteiger partial charge in [-0.15, -0.1) is 11.6 Å². The summed E-state index contributed by atoms with van der Waals surface area (Å²) >= 11 is 11.1. The van der Waals surface area contributed by atoms with Crippen LogP contribution in [0.2, 0.25) is 5.02 Å². The Bertz CT molecular complexity index is 397. The normalized spacial score (nSPS) is 10.4. The first-order chi connectivity index (χ1) is 8.66. The van der Waals surface area contributed by atoms with Gasteiger partial charge in [-0.1, -0.05) is 30.5 Å². The van der Waals surface area contributed by atoms with E-state index in [4.69, 9.17) is 27.9 Å². The van der Waals surface area contributed by atoms with Crippen LogP contribution in [-0.4, -0.2) is 18.5 Å². The molecular formula is C13H15Cl2FO2. The van der Waals surface area contributed by atoms with Crippen LogP contribution in [0.5, 0.6) is 0 Å². The van der Waals surface area contributed by atoms with E-state index in [2.05, 4.69) is 0 Å². The zero-order valence-electron chi connectivity index (χ0n) is 9.93. The first kappa shape index (κ1) is 15.3. The van der Waals surface area contributed by atoms with Gasteiger partial charge >= 0.3 is 5.97 Å². The molecule has 18 heavy (non-hydrogen) atoms. The summed E-state index contributed by atoms with van der Waals surface area (Å²) in [6.45, 7) is 0.285. The van der Waals surface area contributed by atoms with Gasteiger partial charge in [0.15, 0.2) is 5.82 Å². The van der Waals surface area contributed by atoms with Crippen molar-refractivity contribution in [2.75, 3.05) is 12.5 Å². The fourth-order valence-electron chi connectivity index (χ4n) is 1.45. The van der Waals surface area contributed by atoms with E-state index in [0.717, 1.165) is 25.7 Å². The first-order valence-electron chi connectivity index (χ1n) is 5.84. The number of carbonyl (C=O) groups excluding carboxylic acids is 1. The summed E-state index contributed by atoms with van der Waals surface area (Å²) in [5.41, 5.74) is -0.122. The SMILES string of the molecule is O=C(OCCCCCCCl)c1cccc(Cl)c1F. The van der Waals surface area contributed by atoms with Gasteiger partial charge in [0.25, 0.3) is 0 Å². The van der Waals surface area contributed by atoms with Crippen LogP contribution in [0.4, 0.5) is 4.39 Å². The molecule has 5 heteroatoms. The second kappa shape index (κ2) is 8.33. The maximum absolute atomic E-state index is 13.5. The molecule has 0 amide bonds. The van der Waals surface area contributed by atoms with Gasteiger partial charge < -0.3 is 4.74 Å². The van der Waals surface area contributed by atoms with E-state index in [1.807, 2.05) is 0 Å². The van der Waals surface area contributed by atoms with Gasteiger partial charge in [0, 0.05) is 5.88 Å². The van der Waals surface area contributed by atoms with Crippen LogP contribution in [0.15, 0.2) is 18.2 Å². The molecule has 1 aromatic carbocycles. The number of hydrogen-bond acceptors (Lipinski definition) is 2. The summed E-state index contributed by atoms with van der Waals surface area (Å²) in [6, 6.07) is 4.26. The summed E-state index contributed by atoms with van der Waals surface area (Å²) in [5, 5.41) is -0.0773. The highest BCUT2D eigenvalue weighted by Crippen LogP contribution is 2.18. The molecule has 0 aromatic heterocycles. The lowest BCUT2D eigenvalue weighted by Gasteiger charge is -2.06. The summed E-state index contributed by atoms with van der Waals surface area (Å²) < 4.78 is 18.5. The number of ether oxygens (including phenoxy) is 1. The van der Waals surface area contributed by atoms with Gasteiger partial charge in [0.1, 0.15) is 0 Å². The average molecular weight is 293 g/mol. The number of carbonyl (C=O) groups is 1. The zero-order valence-corrected chi connectivity index (χ0v) is 11.4. The van der Waals surface area contributed by atoms with Crippen molar-refractivity contribution in [1.82, 2.24) is 0 Å². The predicted molar refractivity (Wildman–Crippen MR) is 70.9 cm³/mol. The number of halogens is 3. The van der Waals surface area contributed by atoms with Gasteiger partial charge in [-0.2, -0.15) is 0 Å². The van der Waals surface area contributed by atoms with Crippen LogP contribution in [0.25, 0.3) is 0 Å². The van der Waals surface area contributed by atoms with Gasteiger partial charge in [-0.3, -0.25) is 0 Å². The Balaban J connectivity index is 2.35. The quantitative estimate of drug-likeness (QED) is 0.422. The van der Waals surface area contributed by atoms with E-state index < -0.39 is 11.8 Å². The summed E-state index contributed by atoms with van der Waals surface area (Å²) in [6.07, 6.45) is 3.66. The molecule has 2 nitrogen and oxygen atoms in total.